The zero-order valence-corrected chi connectivity index (χ0v) is 8.45. The van der Waals surface area contributed by atoms with Crippen LogP contribution in [0.5, 0.6) is 0 Å². The predicted molar refractivity (Wildman–Crippen MR) is 46.6 cm³/mol. The topological polar surface area (TPSA) is 21.3 Å². The molecule has 0 bridgehead atoms. The number of allylic oxidation sites excluding steroid dienone is 1. The zero-order valence-electron chi connectivity index (χ0n) is 6.86. The molecule has 0 rings (SSSR count). The lowest BCUT2D eigenvalue weighted by molar-refractivity contribution is 0.101. The molecule has 0 aliphatic heterocycles. The van der Waals surface area contributed by atoms with Gasteiger partial charge in [0.15, 0.2) is 0 Å². The number of nitrogens with one attached hydrogen (secondary N) is 1. The molecule has 0 unspecified atom stereocenters. The van der Waals surface area contributed by atoms with Crippen LogP contribution < -0.4 is 5.48 Å². The molecule has 0 aliphatic carbocycles. The van der Waals surface area contributed by atoms with Crippen LogP contribution in [0.15, 0.2) is 10.7 Å². The van der Waals surface area contributed by atoms with E-state index in [1.807, 2.05) is 4.99 Å². The highest BCUT2D eigenvalue weighted by Gasteiger charge is 2.15. The second kappa shape index (κ2) is 3.98. The molecule has 3 heteroatoms. The standard InChI is InChI=1S/C7H14BrNO/c1-7(2,3)6(5-8)9-10-4/h5,9H,1-4H3. The monoisotopic (exact) mass is 207 g/mol. The van der Waals surface area contributed by atoms with Crippen molar-refractivity contribution in [2.75, 3.05) is 7.11 Å². The first-order chi connectivity index (χ1) is 4.52. The van der Waals surface area contributed by atoms with Gasteiger partial charge in [-0.2, -0.15) is 0 Å². The highest BCUT2D eigenvalue weighted by atomic mass is 79.9. The van der Waals surface area contributed by atoms with Crippen LogP contribution in [0.25, 0.3) is 0 Å². The molecule has 0 aromatic carbocycles. The van der Waals surface area contributed by atoms with Crippen LogP contribution in [0, 0.1) is 5.41 Å². The Morgan fingerprint density at radius 3 is 2.10 bits per heavy atom. The van der Waals surface area contributed by atoms with E-state index in [9.17, 15) is 0 Å². The Labute approximate surface area is 70.7 Å². The molecule has 2 nitrogen and oxygen atoms in total. The quantitative estimate of drug-likeness (QED) is 0.703. The van der Waals surface area contributed by atoms with Gasteiger partial charge in [0.25, 0.3) is 0 Å². The molecular weight excluding hydrogens is 194 g/mol. The van der Waals surface area contributed by atoms with Crippen molar-refractivity contribution in [2.45, 2.75) is 20.8 Å². The van der Waals surface area contributed by atoms with Crippen molar-refractivity contribution in [3.8, 4) is 0 Å². The fourth-order valence-corrected chi connectivity index (χ4v) is 1.23. The summed E-state index contributed by atoms with van der Waals surface area (Å²) in [5, 5.41) is 0. The summed E-state index contributed by atoms with van der Waals surface area (Å²) in [6.07, 6.45) is 0. The predicted octanol–water partition coefficient (Wildman–Crippen LogP) is 2.42. The molecule has 0 aromatic rings. The molecule has 60 valence electrons. The molecule has 0 amide bonds. The second-order valence-electron chi connectivity index (χ2n) is 3.08. The first-order valence-electron chi connectivity index (χ1n) is 3.12. The van der Waals surface area contributed by atoms with Crippen molar-refractivity contribution in [3.63, 3.8) is 0 Å². The molecular formula is C7H14BrNO. The van der Waals surface area contributed by atoms with Crippen molar-refractivity contribution >= 4 is 15.9 Å². The first kappa shape index (κ1) is 9.98. The zero-order chi connectivity index (χ0) is 8.20. The largest absolute Gasteiger partial charge is 0.280 e. The molecule has 0 aromatic heterocycles. The normalized spacial score (nSPS) is 13.5. The third-order valence-corrected chi connectivity index (χ3v) is 1.59. The second-order valence-corrected chi connectivity index (χ2v) is 3.54. The third-order valence-electron chi connectivity index (χ3n) is 1.13. The lowest BCUT2D eigenvalue weighted by atomic mass is 9.93. The minimum Gasteiger partial charge on any atom is -0.280 e. The molecule has 0 fully saturated rings. The van der Waals surface area contributed by atoms with Crippen molar-refractivity contribution in [1.29, 1.82) is 0 Å². The summed E-state index contributed by atoms with van der Waals surface area (Å²) in [5.41, 5.74) is 3.91. The maximum Gasteiger partial charge on any atom is 0.0636 e. The summed E-state index contributed by atoms with van der Waals surface area (Å²) in [4.78, 5) is 6.60. The third kappa shape index (κ3) is 3.22. The van der Waals surface area contributed by atoms with E-state index in [4.69, 9.17) is 4.84 Å². The Morgan fingerprint density at radius 1 is 1.50 bits per heavy atom. The van der Waals surface area contributed by atoms with Crippen LogP contribution in [0.2, 0.25) is 0 Å². The van der Waals surface area contributed by atoms with E-state index >= 15 is 0 Å². The maximum absolute atomic E-state index is 4.77. The molecule has 0 saturated heterocycles. The van der Waals surface area contributed by atoms with Crippen molar-refractivity contribution < 1.29 is 4.84 Å². The van der Waals surface area contributed by atoms with E-state index in [0.717, 1.165) is 5.70 Å². The number of hydroxylamine groups is 1. The van der Waals surface area contributed by atoms with E-state index in [1.165, 1.54) is 0 Å². The van der Waals surface area contributed by atoms with E-state index in [0.29, 0.717) is 0 Å². The van der Waals surface area contributed by atoms with Gasteiger partial charge in [-0.15, -0.1) is 0 Å². The molecule has 0 saturated carbocycles. The number of hydrogen-bond acceptors (Lipinski definition) is 2. The average Bonchev–Trinajstić information content (AvgIpc) is 1.80. The minimum absolute atomic E-state index is 0.0967. The van der Waals surface area contributed by atoms with Gasteiger partial charge >= 0.3 is 0 Å². The van der Waals surface area contributed by atoms with Crippen LogP contribution in [0.4, 0.5) is 0 Å². The highest BCUT2D eigenvalue weighted by molar-refractivity contribution is 9.11. The average molecular weight is 208 g/mol. The fraction of sp³-hybridized carbons (Fsp3) is 0.714. The Hall–Kier alpha value is -0.0200. The van der Waals surface area contributed by atoms with Gasteiger partial charge in [-0.3, -0.25) is 10.3 Å². The van der Waals surface area contributed by atoms with Crippen LogP contribution in [-0.2, 0) is 4.84 Å². The lowest BCUT2D eigenvalue weighted by Crippen LogP contribution is -2.22. The minimum atomic E-state index is 0.0967. The van der Waals surface area contributed by atoms with Crippen LogP contribution in [0.3, 0.4) is 0 Å². The number of halogens is 1. The van der Waals surface area contributed by atoms with Gasteiger partial charge in [-0.05, 0) is 0 Å². The van der Waals surface area contributed by atoms with Crippen molar-refractivity contribution in [2.24, 2.45) is 5.41 Å². The first-order valence-corrected chi connectivity index (χ1v) is 4.03. The summed E-state index contributed by atoms with van der Waals surface area (Å²) in [7, 11) is 1.60. The van der Waals surface area contributed by atoms with E-state index in [2.05, 4.69) is 42.2 Å². The van der Waals surface area contributed by atoms with Crippen LogP contribution >= 0.6 is 15.9 Å². The Morgan fingerprint density at radius 2 is 2.00 bits per heavy atom. The Bertz CT molecular complexity index is 126. The number of hydrogen-bond donors (Lipinski definition) is 1. The van der Waals surface area contributed by atoms with Crippen LogP contribution in [0.1, 0.15) is 20.8 Å². The Kier molecular flexibility index (Phi) is 3.98. The summed E-state index contributed by atoms with van der Waals surface area (Å²) in [6.45, 7) is 6.31. The van der Waals surface area contributed by atoms with Crippen molar-refractivity contribution in [1.82, 2.24) is 5.48 Å². The molecule has 0 heterocycles. The molecule has 1 N–H and O–H groups in total. The summed E-state index contributed by atoms with van der Waals surface area (Å²) < 4.78 is 0. The number of rotatable bonds is 2. The Balaban J connectivity index is 4.10. The lowest BCUT2D eigenvalue weighted by Gasteiger charge is -2.22. The summed E-state index contributed by atoms with van der Waals surface area (Å²) >= 11 is 3.25. The fourth-order valence-electron chi connectivity index (χ4n) is 0.449. The molecule has 0 aliphatic rings. The van der Waals surface area contributed by atoms with Crippen LogP contribution in [-0.4, -0.2) is 7.11 Å². The highest BCUT2D eigenvalue weighted by Crippen LogP contribution is 2.23. The summed E-state index contributed by atoms with van der Waals surface area (Å²) in [5.74, 6) is 0. The summed E-state index contributed by atoms with van der Waals surface area (Å²) in [6, 6.07) is 0. The van der Waals surface area contributed by atoms with Gasteiger partial charge < -0.3 is 0 Å². The van der Waals surface area contributed by atoms with Gasteiger partial charge in [0.2, 0.25) is 0 Å². The van der Waals surface area contributed by atoms with Crippen molar-refractivity contribution in [3.05, 3.63) is 10.7 Å². The molecule has 0 atom stereocenters. The van der Waals surface area contributed by atoms with Gasteiger partial charge in [-0.25, -0.2) is 0 Å². The molecule has 0 spiro atoms. The van der Waals surface area contributed by atoms with Gasteiger partial charge in [-0.1, -0.05) is 36.7 Å². The van der Waals surface area contributed by atoms with Gasteiger partial charge in [0.1, 0.15) is 0 Å². The molecule has 0 radical (unpaired) electrons. The van der Waals surface area contributed by atoms with E-state index in [1.54, 1.807) is 7.11 Å². The maximum atomic E-state index is 4.77. The van der Waals surface area contributed by atoms with E-state index in [-0.39, 0.29) is 5.41 Å². The smallest absolute Gasteiger partial charge is 0.0636 e. The van der Waals surface area contributed by atoms with Gasteiger partial charge in [0, 0.05) is 10.4 Å². The van der Waals surface area contributed by atoms with E-state index < -0.39 is 0 Å². The molecule has 10 heavy (non-hydrogen) atoms. The van der Waals surface area contributed by atoms with Gasteiger partial charge in [0.05, 0.1) is 12.8 Å². The SMILES string of the molecule is CONC(=CBr)C(C)(C)C.